The molecule has 3 heteroatoms. The summed E-state index contributed by atoms with van der Waals surface area (Å²) in [6.45, 7) is 9.46. The van der Waals surface area contributed by atoms with Gasteiger partial charge in [0.25, 0.3) is 0 Å². The van der Waals surface area contributed by atoms with E-state index < -0.39 is 0 Å². The van der Waals surface area contributed by atoms with Gasteiger partial charge in [-0.1, -0.05) is 37.6 Å². The molecule has 1 atom stereocenters. The monoisotopic (exact) mass is 257 g/mol. The third-order valence-electron chi connectivity index (χ3n) is 2.57. The smallest absolute Gasteiger partial charge is 0.0931 e. The van der Waals surface area contributed by atoms with E-state index in [-0.39, 0.29) is 0 Å². The zero-order valence-electron chi connectivity index (χ0n) is 10.1. The van der Waals surface area contributed by atoms with Crippen LogP contribution in [0.3, 0.4) is 0 Å². The number of nitrogens with one attached hydrogen (secondary N) is 1. The summed E-state index contributed by atoms with van der Waals surface area (Å²) < 4.78 is 0.861. The van der Waals surface area contributed by atoms with E-state index in [4.69, 9.17) is 11.6 Å². The molecule has 1 nitrogen and oxygen atoms in total. The van der Waals surface area contributed by atoms with Gasteiger partial charge in [0, 0.05) is 10.9 Å². The Hall–Kier alpha value is -0.310. The van der Waals surface area contributed by atoms with Crippen molar-refractivity contribution in [3.8, 4) is 0 Å². The normalized spacial score (nSPS) is 12.7. The van der Waals surface area contributed by atoms with Gasteiger partial charge >= 0.3 is 0 Å². The number of halogens is 1. The van der Waals surface area contributed by atoms with Crippen LogP contribution in [0.4, 0.5) is 0 Å². The molecule has 0 aliphatic rings. The van der Waals surface area contributed by atoms with Gasteiger partial charge in [-0.3, -0.25) is 0 Å². The number of hydrogen-bond donors (Lipinski definition) is 1. The highest BCUT2D eigenvalue weighted by atomic mass is 35.5. The highest BCUT2D eigenvalue weighted by Gasteiger charge is 2.13. The fourth-order valence-electron chi connectivity index (χ4n) is 1.54. The van der Waals surface area contributed by atoms with Crippen molar-refractivity contribution < 1.29 is 0 Å². The molecule has 0 aliphatic heterocycles. The van der Waals surface area contributed by atoms with E-state index >= 15 is 0 Å². The average molecular weight is 258 g/mol. The van der Waals surface area contributed by atoms with Crippen LogP contribution in [0.5, 0.6) is 0 Å². The van der Waals surface area contributed by atoms with Gasteiger partial charge in [0.2, 0.25) is 0 Å². The maximum atomic E-state index is 5.98. The lowest BCUT2D eigenvalue weighted by Gasteiger charge is -2.17. The Kier molecular flexibility index (Phi) is 6.10. The first kappa shape index (κ1) is 13.8. The maximum absolute atomic E-state index is 5.98. The lowest BCUT2D eigenvalue weighted by Crippen LogP contribution is -2.21. The third-order valence-corrected chi connectivity index (χ3v) is 3.92. The summed E-state index contributed by atoms with van der Waals surface area (Å²) in [5.41, 5.74) is 1.29. The van der Waals surface area contributed by atoms with Crippen molar-refractivity contribution in [3.05, 3.63) is 33.5 Å². The lowest BCUT2D eigenvalue weighted by molar-refractivity contribution is 0.531. The summed E-state index contributed by atoms with van der Waals surface area (Å²) in [4.78, 5) is 1.31. The lowest BCUT2D eigenvalue weighted by atomic mass is 10.0. The fraction of sp³-hybridized carbons (Fsp3) is 0.538. The Bertz CT molecular complexity index is 332. The third kappa shape index (κ3) is 4.28. The number of hydrogen-bond acceptors (Lipinski definition) is 2. The SMILES string of the molecule is C=C(CC)CC(NCCC)c1ccc(Cl)s1. The Balaban J connectivity index is 2.66. The van der Waals surface area contributed by atoms with Crippen LogP contribution in [0.2, 0.25) is 4.34 Å². The predicted molar refractivity (Wildman–Crippen MR) is 74.4 cm³/mol. The van der Waals surface area contributed by atoms with Crippen molar-refractivity contribution in [2.75, 3.05) is 6.54 Å². The standard InChI is InChI=1S/C13H20ClNS/c1-4-8-15-11(9-10(3)5-2)12-6-7-13(14)16-12/h6-7,11,15H,3-5,8-9H2,1-2H3. The van der Waals surface area contributed by atoms with Gasteiger partial charge in [-0.05, 0) is 37.9 Å². The van der Waals surface area contributed by atoms with E-state index in [9.17, 15) is 0 Å². The van der Waals surface area contributed by atoms with Crippen LogP contribution in [0.15, 0.2) is 24.3 Å². The molecule has 1 heterocycles. The Morgan fingerprint density at radius 2 is 2.25 bits per heavy atom. The highest BCUT2D eigenvalue weighted by Crippen LogP contribution is 2.30. The molecule has 0 fully saturated rings. The van der Waals surface area contributed by atoms with Crippen LogP contribution in [0.1, 0.15) is 44.0 Å². The molecular formula is C13H20ClNS. The van der Waals surface area contributed by atoms with Gasteiger partial charge in [0.15, 0.2) is 0 Å². The Labute approximate surface area is 108 Å². The summed E-state index contributed by atoms with van der Waals surface area (Å²) in [6, 6.07) is 4.46. The summed E-state index contributed by atoms with van der Waals surface area (Å²) in [5.74, 6) is 0. The molecule has 1 aromatic rings. The molecular weight excluding hydrogens is 238 g/mol. The summed E-state index contributed by atoms with van der Waals surface area (Å²) >= 11 is 7.64. The molecule has 1 N–H and O–H groups in total. The van der Waals surface area contributed by atoms with E-state index in [0.717, 1.165) is 30.1 Å². The molecule has 0 radical (unpaired) electrons. The molecule has 1 unspecified atom stereocenters. The van der Waals surface area contributed by atoms with Crippen molar-refractivity contribution in [1.29, 1.82) is 0 Å². The second-order valence-corrected chi connectivity index (χ2v) is 5.70. The molecule has 0 bridgehead atoms. The fourth-order valence-corrected chi connectivity index (χ4v) is 2.68. The van der Waals surface area contributed by atoms with Crippen molar-refractivity contribution >= 4 is 22.9 Å². The van der Waals surface area contributed by atoms with E-state index in [0.29, 0.717) is 6.04 Å². The topological polar surface area (TPSA) is 12.0 Å². The van der Waals surface area contributed by atoms with E-state index in [1.807, 2.05) is 6.07 Å². The van der Waals surface area contributed by atoms with Crippen LogP contribution in [0, 0.1) is 0 Å². The molecule has 0 saturated heterocycles. The van der Waals surface area contributed by atoms with Crippen LogP contribution >= 0.6 is 22.9 Å². The highest BCUT2D eigenvalue weighted by molar-refractivity contribution is 7.16. The molecule has 0 spiro atoms. The molecule has 16 heavy (non-hydrogen) atoms. The van der Waals surface area contributed by atoms with Gasteiger partial charge < -0.3 is 5.32 Å². The Morgan fingerprint density at radius 3 is 2.75 bits per heavy atom. The van der Waals surface area contributed by atoms with Crippen molar-refractivity contribution in [1.82, 2.24) is 5.32 Å². The summed E-state index contributed by atoms with van der Waals surface area (Å²) in [5, 5.41) is 3.56. The van der Waals surface area contributed by atoms with Crippen molar-refractivity contribution in [2.24, 2.45) is 0 Å². The zero-order valence-corrected chi connectivity index (χ0v) is 11.6. The second kappa shape index (κ2) is 7.10. The minimum Gasteiger partial charge on any atom is -0.309 e. The second-order valence-electron chi connectivity index (χ2n) is 3.96. The minimum atomic E-state index is 0.380. The van der Waals surface area contributed by atoms with Gasteiger partial charge in [-0.2, -0.15) is 0 Å². The van der Waals surface area contributed by atoms with Crippen LogP contribution in [-0.2, 0) is 0 Å². The van der Waals surface area contributed by atoms with Crippen LogP contribution in [-0.4, -0.2) is 6.54 Å². The van der Waals surface area contributed by atoms with Crippen LogP contribution < -0.4 is 5.32 Å². The van der Waals surface area contributed by atoms with Gasteiger partial charge in [-0.25, -0.2) is 0 Å². The van der Waals surface area contributed by atoms with E-state index in [2.05, 4.69) is 31.8 Å². The van der Waals surface area contributed by atoms with E-state index in [1.54, 1.807) is 11.3 Å². The van der Waals surface area contributed by atoms with Crippen molar-refractivity contribution in [2.45, 2.75) is 39.2 Å². The van der Waals surface area contributed by atoms with Crippen LogP contribution in [0.25, 0.3) is 0 Å². The average Bonchev–Trinajstić information content (AvgIpc) is 2.70. The Morgan fingerprint density at radius 1 is 1.50 bits per heavy atom. The van der Waals surface area contributed by atoms with Gasteiger partial charge in [0.1, 0.15) is 0 Å². The first-order valence-electron chi connectivity index (χ1n) is 5.82. The predicted octanol–water partition coefficient (Wildman–Crippen LogP) is 4.80. The molecule has 0 saturated carbocycles. The molecule has 1 rings (SSSR count). The quantitative estimate of drug-likeness (QED) is 0.692. The minimum absolute atomic E-state index is 0.380. The number of thiophene rings is 1. The first-order valence-corrected chi connectivity index (χ1v) is 7.02. The van der Waals surface area contributed by atoms with Gasteiger partial charge in [-0.15, -0.1) is 11.3 Å². The largest absolute Gasteiger partial charge is 0.309 e. The first-order chi connectivity index (χ1) is 7.67. The van der Waals surface area contributed by atoms with E-state index in [1.165, 1.54) is 10.5 Å². The summed E-state index contributed by atoms with van der Waals surface area (Å²) in [6.07, 6.45) is 3.20. The van der Waals surface area contributed by atoms with Crippen molar-refractivity contribution in [3.63, 3.8) is 0 Å². The molecule has 0 aliphatic carbocycles. The maximum Gasteiger partial charge on any atom is 0.0931 e. The zero-order chi connectivity index (χ0) is 12.0. The molecule has 0 amide bonds. The van der Waals surface area contributed by atoms with Gasteiger partial charge in [0.05, 0.1) is 4.34 Å². The summed E-state index contributed by atoms with van der Waals surface area (Å²) in [7, 11) is 0. The molecule has 0 aromatic carbocycles. The molecule has 90 valence electrons. The number of rotatable bonds is 7. The molecule has 1 aromatic heterocycles.